The topological polar surface area (TPSA) is 15.6 Å². The number of rotatable bonds is 3. The highest BCUT2D eigenvalue weighted by atomic mass is 35.5. The first-order chi connectivity index (χ1) is 12.2. The van der Waals surface area contributed by atoms with E-state index in [1.165, 1.54) is 5.56 Å². The number of para-hydroxylation sites is 1. The predicted molar refractivity (Wildman–Crippen MR) is 106 cm³/mol. The first-order valence-electron chi connectivity index (χ1n) is 8.15. The van der Waals surface area contributed by atoms with Crippen LogP contribution in [0.15, 0.2) is 84.0 Å². The molecule has 3 aromatic carbocycles. The van der Waals surface area contributed by atoms with Crippen LogP contribution in [-0.2, 0) is 0 Å². The smallest absolute Gasteiger partial charge is 0.0831 e. The molecule has 0 saturated heterocycles. The van der Waals surface area contributed by atoms with Gasteiger partial charge in [0.05, 0.1) is 27.5 Å². The molecule has 124 valence electrons. The summed E-state index contributed by atoms with van der Waals surface area (Å²) in [4.78, 5) is 0. The Morgan fingerprint density at radius 2 is 1.36 bits per heavy atom. The standard InChI is InChI=1S/C21H16Cl2N2/c22-17-12-7-13-18(23)21(17)19-14-20(15-8-3-1-4-9-15)25(24-19)16-10-5-2-6-11-16/h1-13,20H,14H2. The maximum atomic E-state index is 6.41. The summed E-state index contributed by atoms with van der Waals surface area (Å²) in [6.07, 6.45) is 0.752. The second kappa shape index (κ2) is 6.91. The lowest BCUT2D eigenvalue weighted by Gasteiger charge is -2.23. The Hall–Kier alpha value is -2.29. The minimum atomic E-state index is 0.117. The molecule has 2 nitrogen and oxygen atoms in total. The third kappa shape index (κ3) is 3.15. The fourth-order valence-corrected chi connectivity index (χ4v) is 3.80. The summed E-state index contributed by atoms with van der Waals surface area (Å²) in [5, 5.41) is 8.21. The first-order valence-corrected chi connectivity index (χ1v) is 8.91. The van der Waals surface area contributed by atoms with E-state index in [4.69, 9.17) is 28.3 Å². The number of anilines is 1. The molecular weight excluding hydrogens is 351 g/mol. The van der Waals surface area contributed by atoms with E-state index in [2.05, 4.69) is 41.4 Å². The van der Waals surface area contributed by atoms with Gasteiger partial charge in [-0.25, -0.2) is 0 Å². The Morgan fingerprint density at radius 3 is 2.00 bits per heavy atom. The largest absolute Gasteiger partial charge is 0.257 e. The summed E-state index contributed by atoms with van der Waals surface area (Å²) in [7, 11) is 0. The van der Waals surface area contributed by atoms with Crippen molar-refractivity contribution in [1.29, 1.82) is 0 Å². The fourth-order valence-electron chi connectivity index (χ4n) is 3.19. The third-order valence-corrected chi connectivity index (χ3v) is 5.00. The molecule has 1 aliphatic rings. The van der Waals surface area contributed by atoms with Crippen LogP contribution in [0.25, 0.3) is 0 Å². The van der Waals surface area contributed by atoms with E-state index in [0.717, 1.165) is 23.4 Å². The molecule has 1 aliphatic heterocycles. The highest BCUT2D eigenvalue weighted by Gasteiger charge is 2.31. The Balaban J connectivity index is 1.80. The highest BCUT2D eigenvalue weighted by molar-refractivity contribution is 6.40. The molecule has 3 aromatic rings. The Bertz CT molecular complexity index is 887. The quantitative estimate of drug-likeness (QED) is 0.527. The van der Waals surface area contributed by atoms with Crippen LogP contribution < -0.4 is 5.01 Å². The minimum Gasteiger partial charge on any atom is -0.257 e. The van der Waals surface area contributed by atoms with Crippen molar-refractivity contribution in [2.45, 2.75) is 12.5 Å². The van der Waals surface area contributed by atoms with E-state index in [0.29, 0.717) is 10.0 Å². The van der Waals surface area contributed by atoms with Crippen molar-refractivity contribution in [2.24, 2.45) is 5.10 Å². The van der Waals surface area contributed by atoms with Crippen LogP contribution in [0.1, 0.15) is 23.6 Å². The van der Waals surface area contributed by atoms with Gasteiger partial charge in [-0.2, -0.15) is 5.10 Å². The van der Waals surface area contributed by atoms with Gasteiger partial charge in [0.1, 0.15) is 0 Å². The maximum Gasteiger partial charge on any atom is 0.0831 e. The Kier molecular flexibility index (Phi) is 4.48. The number of hydrazone groups is 1. The normalized spacial score (nSPS) is 16.8. The van der Waals surface area contributed by atoms with Gasteiger partial charge in [-0.15, -0.1) is 0 Å². The van der Waals surface area contributed by atoms with Gasteiger partial charge < -0.3 is 0 Å². The summed E-state index contributed by atoms with van der Waals surface area (Å²) in [6.45, 7) is 0. The molecule has 0 N–H and O–H groups in total. The van der Waals surface area contributed by atoms with Crippen LogP contribution >= 0.6 is 23.2 Å². The first kappa shape index (κ1) is 16.2. The summed E-state index contributed by atoms with van der Waals surface area (Å²) >= 11 is 12.8. The number of hydrogen-bond acceptors (Lipinski definition) is 2. The van der Waals surface area contributed by atoms with Crippen LogP contribution in [0.5, 0.6) is 0 Å². The zero-order valence-corrected chi connectivity index (χ0v) is 15.0. The molecule has 0 saturated carbocycles. The van der Waals surface area contributed by atoms with Gasteiger partial charge >= 0.3 is 0 Å². The summed E-state index contributed by atoms with van der Waals surface area (Å²) in [5.41, 5.74) is 4.00. The van der Waals surface area contributed by atoms with E-state index in [1.807, 2.05) is 42.5 Å². The number of halogens is 2. The lowest BCUT2D eigenvalue weighted by atomic mass is 9.98. The van der Waals surface area contributed by atoms with Crippen molar-refractivity contribution in [3.8, 4) is 0 Å². The van der Waals surface area contributed by atoms with Crippen molar-refractivity contribution in [3.63, 3.8) is 0 Å². The van der Waals surface area contributed by atoms with Gasteiger partial charge in [0.15, 0.2) is 0 Å². The van der Waals surface area contributed by atoms with Crippen molar-refractivity contribution >= 4 is 34.6 Å². The molecule has 4 rings (SSSR count). The van der Waals surface area contributed by atoms with Crippen LogP contribution in [0.3, 0.4) is 0 Å². The second-order valence-electron chi connectivity index (χ2n) is 5.95. The molecule has 0 spiro atoms. The SMILES string of the molecule is Clc1cccc(Cl)c1C1=NN(c2ccccc2)C(c2ccccc2)C1. The van der Waals surface area contributed by atoms with Gasteiger partial charge in [-0.05, 0) is 29.8 Å². The lowest BCUT2D eigenvalue weighted by Crippen LogP contribution is -2.18. The zero-order valence-electron chi connectivity index (χ0n) is 13.4. The monoisotopic (exact) mass is 366 g/mol. The van der Waals surface area contributed by atoms with Crippen molar-refractivity contribution in [2.75, 3.05) is 5.01 Å². The molecule has 25 heavy (non-hydrogen) atoms. The lowest BCUT2D eigenvalue weighted by molar-refractivity contribution is 0.709. The average molecular weight is 367 g/mol. The number of hydrogen-bond donors (Lipinski definition) is 0. The predicted octanol–water partition coefficient (Wildman–Crippen LogP) is 6.35. The molecule has 1 unspecified atom stereocenters. The minimum absolute atomic E-state index is 0.117. The Labute approximate surface area is 157 Å². The van der Waals surface area contributed by atoms with Crippen LogP contribution in [-0.4, -0.2) is 5.71 Å². The molecule has 4 heteroatoms. The number of nitrogens with zero attached hydrogens (tertiary/aromatic N) is 2. The van der Waals surface area contributed by atoms with Crippen LogP contribution in [0, 0.1) is 0 Å². The van der Waals surface area contributed by atoms with Crippen molar-refractivity contribution in [1.82, 2.24) is 0 Å². The summed E-state index contributed by atoms with van der Waals surface area (Å²) in [6, 6.07) is 26.3. The van der Waals surface area contributed by atoms with Gasteiger partial charge in [0, 0.05) is 12.0 Å². The van der Waals surface area contributed by atoms with Gasteiger partial charge in [0.2, 0.25) is 0 Å². The van der Waals surface area contributed by atoms with E-state index in [-0.39, 0.29) is 6.04 Å². The molecule has 0 amide bonds. The summed E-state index contributed by atoms with van der Waals surface area (Å²) in [5.74, 6) is 0. The molecule has 0 aromatic heterocycles. The van der Waals surface area contributed by atoms with Crippen LogP contribution in [0.2, 0.25) is 10.0 Å². The fraction of sp³-hybridized carbons (Fsp3) is 0.0952. The third-order valence-electron chi connectivity index (χ3n) is 4.37. The molecule has 0 bridgehead atoms. The molecular formula is C21H16Cl2N2. The van der Waals surface area contributed by atoms with Crippen molar-refractivity contribution in [3.05, 3.63) is 100 Å². The average Bonchev–Trinajstić information content (AvgIpc) is 3.08. The Morgan fingerprint density at radius 1 is 0.760 bits per heavy atom. The van der Waals surface area contributed by atoms with E-state index in [1.54, 1.807) is 0 Å². The van der Waals surface area contributed by atoms with E-state index in [9.17, 15) is 0 Å². The van der Waals surface area contributed by atoms with E-state index >= 15 is 0 Å². The molecule has 0 aliphatic carbocycles. The van der Waals surface area contributed by atoms with Gasteiger partial charge in [-0.3, -0.25) is 5.01 Å². The molecule has 1 atom stereocenters. The number of benzene rings is 3. The van der Waals surface area contributed by atoms with Gasteiger partial charge in [-0.1, -0.05) is 77.8 Å². The molecule has 0 radical (unpaired) electrons. The molecule has 1 heterocycles. The van der Waals surface area contributed by atoms with Crippen LogP contribution in [0.4, 0.5) is 5.69 Å². The highest BCUT2D eigenvalue weighted by Crippen LogP contribution is 2.39. The zero-order chi connectivity index (χ0) is 17.2. The van der Waals surface area contributed by atoms with Crippen molar-refractivity contribution < 1.29 is 0 Å². The maximum absolute atomic E-state index is 6.41. The second-order valence-corrected chi connectivity index (χ2v) is 6.77. The molecule has 0 fully saturated rings. The summed E-state index contributed by atoms with van der Waals surface area (Å²) < 4.78 is 0. The van der Waals surface area contributed by atoms with E-state index < -0.39 is 0 Å². The van der Waals surface area contributed by atoms with Gasteiger partial charge in [0.25, 0.3) is 0 Å².